The number of aromatic nitrogens is 2. The number of hydrogen-bond donors (Lipinski definition) is 1. The molecule has 0 atom stereocenters. The molecular weight excluding hydrogens is 322 g/mol. The molecule has 1 fully saturated rings. The van der Waals surface area contributed by atoms with Gasteiger partial charge in [0.1, 0.15) is 0 Å². The Hall–Kier alpha value is 0.255. The van der Waals surface area contributed by atoms with Gasteiger partial charge in [-0.1, -0.05) is 25.0 Å². The van der Waals surface area contributed by atoms with Crippen LogP contribution in [0, 0.1) is 6.92 Å². The van der Waals surface area contributed by atoms with E-state index in [0.717, 1.165) is 43.9 Å². The average molecular weight is 343 g/mol. The molecule has 1 aliphatic rings. The average Bonchev–Trinajstić information content (AvgIpc) is 2.79. The second-order valence-corrected chi connectivity index (χ2v) is 5.21. The summed E-state index contributed by atoms with van der Waals surface area (Å²) in [4.78, 5) is 4.80. The first-order chi connectivity index (χ1) is 9.29. The molecule has 1 N–H and O–H groups in total. The van der Waals surface area contributed by atoms with Crippen LogP contribution in [-0.4, -0.2) is 28.7 Å². The van der Waals surface area contributed by atoms with Crippen LogP contribution in [0.25, 0.3) is 16.4 Å². The molecule has 0 bridgehead atoms. The van der Waals surface area contributed by atoms with Crippen molar-refractivity contribution < 1.29 is 58.2 Å². The predicted molar refractivity (Wildman–Crippen MR) is 79.9 cm³/mol. The van der Waals surface area contributed by atoms with Gasteiger partial charge < -0.3 is 15.2 Å². The van der Waals surface area contributed by atoms with Crippen LogP contribution in [0.1, 0.15) is 25.3 Å². The Bertz CT molecular complexity index is 573. The minimum Gasteiger partial charge on any atom is -0.662 e. The van der Waals surface area contributed by atoms with Gasteiger partial charge >= 0.3 is 58.2 Å². The van der Waals surface area contributed by atoms with E-state index < -0.39 is 0 Å². The molecule has 2 aromatic rings. The summed E-state index contributed by atoms with van der Waals surface area (Å²) in [6.07, 6.45) is 2.23. The van der Waals surface area contributed by atoms with Crippen LogP contribution in [0.15, 0.2) is 18.2 Å². The first-order valence-corrected chi connectivity index (χ1v) is 7.15. The van der Waals surface area contributed by atoms with E-state index >= 15 is 0 Å². The Labute approximate surface area is 169 Å². The Morgan fingerprint density at radius 2 is 2.10 bits per heavy atom. The van der Waals surface area contributed by atoms with Crippen molar-refractivity contribution >= 4 is 17.0 Å². The number of nitrogens with one attached hydrogen (secondary N) is 1. The number of benzene rings is 1. The molecule has 0 radical (unpaired) electrons. The second kappa shape index (κ2) is 7.50. The zero-order valence-electron chi connectivity index (χ0n) is 12.7. The monoisotopic (exact) mass is 342 g/mol. The van der Waals surface area contributed by atoms with Gasteiger partial charge in [-0.05, 0) is 25.5 Å². The smallest absolute Gasteiger partial charge is 0.662 e. The van der Waals surface area contributed by atoms with Crippen LogP contribution >= 0.6 is 0 Å². The van der Waals surface area contributed by atoms with Gasteiger partial charge in [-0.3, -0.25) is 0 Å². The minimum absolute atomic E-state index is 0. The van der Waals surface area contributed by atoms with Gasteiger partial charge in [0.25, 0.3) is 0 Å². The largest absolute Gasteiger partial charge is 1.00 e. The zero-order chi connectivity index (χ0) is 13.2. The Balaban J connectivity index is 0.00000147. The molecule has 0 aliphatic carbocycles. The van der Waals surface area contributed by atoms with E-state index in [4.69, 9.17) is 4.98 Å². The molecule has 1 aromatic carbocycles. The minimum atomic E-state index is 0. The van der Waals surface area contributed by atoms with E-state index in [0.29, 0.717) is 6.04 Å². The molecule has 5 heteroatoms. The van der Waals surface area contributed by atoms with Crippen LogP contribution in [0.2, 0.25) is 0 Å². The van der Waals surface area contributed by atoms with Gasteiger partial charge in [-0.2, -0.15) is 0 Å². The van der Waals surface area contributed by atoms with Gasteiger partial charge in [0.2, 0.25) is 5.95 Å². The van der Waals surface area contributed by atoms with E-state index in [-0.39, 0.29) is 58.2 Å². The summed E-state index contributed by atoms with van der Waals surface area (Å²) in [7, 11) is 0. The van der Waals surface area contributed by atoms with E-state index in [1.165, 1.54) is 11.1 Å². The molecule has 3 rings (SSSR count). The van der Waals surface area contributed by atoms with Gasteiger partial charge in [0.05, 0.1) is 11.0 Å². The molecule has 0 spiro atoms. The normalized spacial score (nSPS) is 16.1. The van der Waals surface area contributed by atoms with Crippen LogP contribution in [0.5, 0.6) is 0 Å². The topological polar surface area (TPSA) is 44.0 Å². The molecule has 1 aromatic heterocycles. The fraction of sp³-hybridized carbons (Fsp3) is 0.533. The zero-order valence-corrected chi connectivity index (χ0v) is 17.6. The van der Waals surface area contributed by atoms with Crippen molar-refractivity contribution in [2.75, 3.05) is 18.4 Å². The van der Waals surface area contributed by atoms with Crippen molar-refractivity contribution in [2.45, 2.75) is 39.3 Å². The SMILES string of the molecule is CCn1c(NC2CC[N-]CC2)nc2c(C)cccc21.[Rb+]. The summed E-state index contributed by atoms with van der Waals surface area (Å²) in [5.74, 6) is 1.01. The summed E-state index contributed by atoms with van der Waals surface area (Å²) in [6, 6.07) is 6.90. The van der Waals surface area contributed by atoms with Crippen molar-refractivity contribution in [3.8, 4) is 0 Å². The fourth-order valence-electron chi connectivity index (χ4n) is 2.79. The third-order valence-electron chi connectivity index (χ3n) is 3.90. The number of para-hydroxylation sites is 1. The Kier molecular flexibility index (Phi) is 6.23. The molecule has 0 saturated carbocycles. The predicted octanol–water partition coefficient (Wildman–Crippen LogP) is 0.317. The van der Waals surface area contributed by atoms with Crippen molar-refractivity contribution in [3.05, 3.63) is 29.1 Å². The summed E-state index contributed by atoms with van der Waals surface area (Å²) >= 11 is 0. The van der Waals surface area contributed by atoms with Crippen molar-refractivity contribution in [1.29, 1.82) is 0 Å². The molecule has 2 heterocycles. The number of imidazole rings is 1. The number of rotatable bonds is 3. The second-order valence-electron chi connectivity index (χ2n) is 5.21. The first kappa shape index (κ1) is 16.6. The maximum atomic E-state index is 4.80. The number of hydrogen-bond acceptors (Lipinski definition) is 2. The van der Waals surface area contributed by atoms with E-state index in [9.17, 15) is 0 Å². The molecule has 4 nitrogen and oxygen atoms in total. The summed E-state index contributed by atoms with van der Waals surface area (Å²) < 4.78 is 2.27. The van der Waals surface area contributed by atoms with Crippen LogP contribution < -0.4 is 63.5 Å². The standard InChI is InChI=1S/C15H21N4.Rb/c1-3-19-13-6-4-5-11(2)14(13)18-15(19)17-12-7-9-16-10-8-12;/h4-6,12H,3,7-10H2,1-2H3,(H,17,18);/q-1;+1. The van der Waals surface area contributed by atoms with Gasteiger partial charge in [-0.15, -0.1) is 13.1 Å². The molecule has 20 heavy (non-hydrogen) atoms. The van der Waals surface area contributed by atoms with E-state index in [1.54, 1.807) is 0 Å². The molecule has 1 saturated heterocycles. The van der Waals surface area contributed by atoms with Gasteiger partial charge in [0.15, 0.2) is 0 Å². The van der Waals surface area contributed by atoms with Crippen LogP contribution in [0.3, 0.4) is 0 Å². The molecule has 1 aliphatic heterocycles. The maximum absolute atomic E-state index is 4.80. The van der Waals surface area contributed by atoms with Gasteiger partial charge in [0, 0.05) is 12.6 Å². The quantitative estimate of drug-likeness (QED) is 0.873. The molecule has 102 valence electrons. The molecule has 0 unspecified atom stereocenters. The van der Waals surface area contributed by atoms with Crippen molar-refractivity contribution in [1.82, 2.24) is 9.55 Å². The van der Waals surface area contributed by atoms with Crippen LogP contribution in [-0.2, 0) is 6.54 Å². The Morgan fingerprint density at radius 1 is 1.35 bits per heavy atom. The number of piperidine rings is 1. The number of nitrogens with zero attached hydrogens (tertiary/aromatic N) is 3. The summed E-state index contributed by atoms with van der Waals surface area (Å²) in [5.41, 5.74) is 3.59. The third kappa shape index (κ3) is 3.35. The fourth-order valence-corrected chi connectivity index (χ4v) is 2.79. The number of aryl methyl sites for hydroxylation is 2. The summed E-state index contributed by atoms with van der Waals surface area (Å²) in [5, 5.41) is 8.01. The van der Waals surface area contributed by atoms with Crippen molar-refractivity contribution in [3.63, 3.8) is 0 Å². The van der Waals surface area contributed by atoms with Crippen molar-refractivity contribution in [2.24, 2.45) is 0 Å². The van der Waals surface area contributed by atoms with E-state index in [1.807, 2.05) is 0 Å². The van der Waals surface area contributed by atoms with Gasteiger partial charge in [-0.25, -0.2) is 4.98 Å². The van der Waals surface area contributed by atoms with Crippen LogP contribution in [0.4, 0.5) is 5.95 Å². The third-order valence-corrected chi connectivity index (χ3v) is 3.90. The molecule has 0 amide bonds. The Morgan fingerprint density at radius 3 is 2.80 bits per heavy atom. The first-order valence-electron chi connectivity index (χ1n) is 7.15. The number of fused-ring (bicyclic) bond motifs is 1. The number of anilines is 1. The summed E-state index contributed by atoms with van der Waals surface area (Å²) in [6.45, 7) is 7.19. The maximum Gasteiger partial charge on any atom is 1.00 e. The molecular formula is C15H21N4Rb. The van der Waals surface area contributed by atoms with E-state index in [2.05, 4.69) is 47.2 Å².